The summed E-state index contributed by atoms with van der Waals surface area (Å²) in [6.07, 6.45) is 2.08. The van der Waals surface area contributed by atoms with Crippen LogP contribution in [0.3, 0.4) is 0 Å². The maximum absolute atomic E-state index is 10.3. The largest absolute Gasteiger partial charge is 0.494 e. The molecule has 1 fully saturated rings. The lowest BCUT2D eigenvalue weighted by atomic mass is 9.99. The van der Waals surface area contributed by atoms with E-state index in [0.29, 0.717) is 12.4 Å². The molecule has 1 unspecified atom stereocenters. The Hall–Kier alpha value is -1.26. The first-order valence-corrected chi connectivity index (χ1v) is 6.46. The summed E-state index contributed by atoms with van der Waals surface area (Å²) in [6.45, 7) is 3.04. The van der Waals surface area contributed by atoms with E-state index in [1.54, 1.807) is 0 Å². The van der Waals surface area contributed by atoms with Gasteiger partial charge in [0.2, 0.25) is 0 Å². The van der Waals surface area contributed by atoms with E-state index >= 15 is 0 Å². The van der Waals surface area contributed by atoms with Gasteiger partial charge < -0.3 is 20.3 Å². The topological polar surface area (TPSA) is 64.7 Å². The Morgan fingerprint density at radius 3 is 2.56 bits per heavy atom. The lowest BCUT2D eigenvalue weighted by Gasteiger charge is -2.26. The maximum Gasteiger partial charge on any atom is 0.123 e. The van der Waals surface area contributed by atoms with Crippen molar-refractivity contribution >= 4 is 0 Å². The van der Waals surface area contributed by atoms with Crippen molar-refractivity contribution < 1.29 is 14.6 Å². The number of hydrogen-bond acceptors (Lipinski definition) is 4. The van der Waals surface area contributed by atoms with Gasteiger partial charge in [0.1, 0.15) is 23.7 Å². The van der Waals surface area contributed by atoms with E-state index in [-0.39, 0.29) is 19.1 Å². The third-order valence-corrected chi connectivity index (χ3v) is 3.30. The highest BCUT2D eigenvalue weighted by Gasteiger charge is 2.43. The molecule has 100 valence electrons. The quantitative estimate of drug-likeness (QED) is 0.772. The van der Waals surface area contributed by atoms with E-state index in [9.17, 15) is 5.11 Å². The van der Waals surface area contributed by atoms with E-state index in [0.717, 1.165) is 18.6 Å². The Labute approximate surface area is 108 Å². The maximum atomic E-state index is 10.3. The zero-order valence-corrected chi connectivity index (χ0v) is 10.8. The van der Waals surface area contributed by atoms with Crippen molar-refractivity contribution in [2.24, 2.45) is 11.7 Å². The summed E-state index contributed by atoms with van der Waals surface area (Å²) in [5, 5.41) is 10.3. The predicted octanol–water partition coefficient (Wildman–Crippen LogP) is 1.56. The molecule has 0 heterocycles. The Morgan fingerprint density at radius 2 is 2.00 bits per heavy atom. The smallest absolute Gasteiger partial charge is 0.123 e. The molecule has 0 aromatic heterocycles. The fraction of sp³-hybridized carbons (Fsp3) is 0.571. The Bertz CT molecular complexity index is 392. The minimum atomic E-state index is -0.887. The van der Waals surface area contributed by atoms with Gasteiger partial charge in [0.25, 0.3) is 0 Å². The molecule has 1 atom stereocenters. The summed E-state index contributed by atoms with van der Waals surface area (Å²) in [5.74, 6) is 1.77. The van der Waals surface area contributed by atoms with Crippen molar-refractivity contribution in [2.45, 2.75) is 25.4 Å². The van der Waals surface area contributed by atoms with Crippen molar-refractivity contribution in [3.05, 3.63) is 24.3 Å². The van der Waals surface area contributed by atoms with Gasteiger partial charge in [-0.2, -0.15) is 0 Å². The molecule has 1 saturated carbocycles. The number of nitrogens with two attached hydrogens (primary N) is 1. The summed E-state index contributed by atoms with van der Waals surface area (Å²) < 4.78 is 11.0. The van der Waals surface area contributed by atoms with E-state index < -0.39 is 5.60 Å². The number of hydrogen-bond donors (Lipinski definition) is 2. The Balaban J connectivity index is 1.94. The highest BCUT2D eigenvalue weighted by atomic mass is 16.5. The van der Waals surface area contributed by atoms with Crippen LogP contribution in [-0.2, 0) is 0 Å². The normalized spacial score (nSPS) is 18.2. The highest BCUT2D eigenvalue weighted by molar-refractivity contribution is 5.33. The van der Waals surface area contributed by atoms with Crippen LogP contribution >= 0.6 is 0 Å². The van der Waals surface area contributed by atoms with Crippen molar-refractivity contribution in [3.63, 3.8) is 0 Å². The summed E-state index contributed by atoms with van der Waals surface area (Å²) >= 11 is 0. The molecule has 0 bridgehead atoms. The lowest BCUT2D eigenvalue weighted by Crippen LogP contribution is -2.45. The van der Waals surface area contributed by atoms with Crippen LogP contribution in [0.4, 0.5) is 0 Å². The molecule has 0 amide bonds. The van der Waals surface area contributed by atoms with Gasteiger partial charge in [0.05, 0.1) is 6.61 Å². The van der Waals surface area contributed by atoms with E-state index in [4.69, 9.17) is 15.2 Å². The molecular formula is C14H21NO3. The molecule has 3 N–H and O–H groups in total. The van der Waals surface area contributed by atoms with Crippen LogP contribution < -0.4 is 15.2 Å². The SMILES string of the molecule is CCOc1cccc(OCC(O)(CN)C2CC2)c1. The van der Waals surface area contributed by atoms with Crippen molar-refractivity contribution in [1.29, 1.82) is 0 Å². The predicted molar refractivity (Wildman–Crippen MR) is 69.8 cm³/mol. The molecule has 4 heteroatoms. The number of rotatable bonds is 7. The second-order valence-corrected chi connectivity index (χ2v) is 4.78. The average Bonchev–Trinajstić information content (AvgIpc) is 3.22. The van der Waals surface area contributed by atoms with Crippen LogP contribution in [-0.4, -0.2) is 30.5 Å². The molecule has 4 nitrogen and oxygen atoms in total. The Morgan fingerprint density at radius 1 is 1.33 bits per heavy atom. The number of benzene rings is 1. The molecule has 0 saturated heterocycles. The van der Waals surface area contributed by atoms with Crippen LogP contribution in [0.25, 0.3) is 0 Å². The molecule has 0 spiro atoms. The van der Waals surface area contributed by atoms with Crippen molar-refractivity contribution in [3.8, 4) is 11.5 Å². The van der Waals surface area contributed by atoms with Crippen LogP contribution in [0.5, 0.6) is 11.5 Å². The monoisotopic (exact) mass is 251 g/mol. The first-order chi connectivity index (χ1) is 8.68. The van der Waals surface area contributed by atoms with Gasteiger partial charge in [-0.05, 0) is 37.8 Å². The summed E-state index contributed by atoms with van der Waals surface area (Å²) in [7, 11) is 0. The first-order valence-electron chi connectivity index (χ1n) is 6.46. The standard InChI is InChI=1S/C14H21NO3/c1-2-17-12-4-3-5-13(8-12)18-10-14(16,9-15)11-6-7-11/h3-5,8,11,16H,2,6-7,9-10,15H2,1H3. The second-order valence-electron chi connectivity index (χ2n) is 4.78. The molecular weight excluding hydrogens is 230 g/mol. The van der Waals surface area contributed by atoms with Crippen LogP contribution in [0.2, 0.25) is 0 Å². The second kappa shape index (κ2) is 5.59. The summed E-state index contributed by atoms with van der Waals surface area (Å²) in [4.78, 5) is 0. The van der Waals surface area contributed by atoms with E-state index in [1.165, 1.54) is 0 Å². The van der Waals surface area contributed by atoms with Crippen LogP contribution in [0, 0.1) is 5.92 Å². The zero-order valence-electron chi connectivity index (χ0n) is 10.8. The molecule has 1 aliphatic rings. The molecule has 1 aromatic rings. The minimum absolute atomic E-state index is 0.239. The first kappa shape index (κ1) is 13.2. The van der Waals surface area contributed by atoms with Crippen molar-refractivity contribution in [2.75, 3.05) is 19.8 Å². The van der Waals surface area contributed by atoms with Gasteiger partial charge in [0.15, 0.2) is 0 Å². The zero-order chi connectivity index (χ0) is 13.0. The lowest BCUT2D eigenvalue weighted by molar-refractivity contribution is -0.0162. The Kier molecular flexibility index (Phi) is 4.09. The molecule has 2 rings (SSSR count). The van der Waals surface area contributed by atoms with Crippen LogP contribution in [0.15, 0.2) is 24.3 Å². The van der Waals surface area contributed by atoms with Gasteiger partial charge in [-0.15, -0.1) is 0 Å². The molecule has 0 aliphatic heterocycles. The average molecular weight is 251 g/mol. The van der Waals surface area contributed by atoms with E-state index in [1.807, 2.05) is 31.2 Å². The van der Waals surface area contributed by atoms with Gasteiger partial charge >= 0.3 is 0 Å². The van der Waals surface area contributed by atoms with Gasteiger partial charge in [-0.25, -0.2) is 0 Å². The number of ether oxygens (including phenoxy) is 2. The van der Waals surface area contributed by atoms with Gasteiger partial charge in [-0.1, -0.05) is 6.07 Å². The molecule has 1 aliphatic carbocycles. The summed E-state index contributed by atoms with van der Waals surface area (Å²) in [5.41, 5.74) is 4.75. The van der Waals surface area contributed by atoms with Crippen molar-refractivity contribution in [1.82, 2.24) is 0 Å². The third kappa shape index (κ3) is 3.15. The number of aliphatic hydroxyl groups is 1. The third-order valence-electron chi connectivity index (χ3n) is 3.30. The highest BCUT2D eigenvalue weighted by Crippen LogP contribution is 2.39. The fourth-order valence-corrected chi connectivity index (χ4v) is 1.99. The van der Waals surface area contributed by atoms with Crippen LogP contribution in [0.1, 0.15) is 19.8 Å². The van der Waals surface area contributed by atoms with Gasteiger partial charge in [-0.3, -0.25) is 0 Å². The minimum Gasteiger partial charge on any atom is -0.494 e. The molecule has 1 aromatic carbocycles. The summed E-state index contributed by atoms with van der Waals surface area (Å²) in [6, 6.07) is 7.44. The van der Waals surface area contributed by atoms with E-state index in [2.05, 4.69) is 0 Å². The van der Waals surface area contributed by atoms with Gasteiger partial charge in [0, 0.05) is 12.6 Å². The molecule has 18 heavy (non-hydrogen) atoms. The molecule has 0 radical (unpaired) electrons. The fourth-order valence-electron chi connectivity index (χ4n) is 1.99.